The van der Waals surface area contributed by atoms with Crippen molar-refractivity contribution in [3.8, 4) is 0 Å². The van der Waals surface area contributed by atoms with Crippen molar-refractivity contribution in [3.63, 3.8) is 0 Å². The minimum atomic E-state index is -1.19. The highest BCUT2D eigenvalue weighted by Crippen LogP contribution is 2.42. The van der Waals surface area contributed by atoms with E-state index in [2.05, 4.69) is 9.97 Å². The summed E-state index contributed by atoms with van der Waals surface area (Å²) in [7, 11) is 1.61. The van der Waals surface area contributed by atoms with Gasteiger partial charge in [0.1, 0.15) is 11.2 Å². The third kappa shape index (κ3) is 1.90. The third-order valence-electron chi connectivity index (χ3n) is 3.31. The number of aromatic amines is 1. The van der Waals surface area contributed by atoms with E-state index in [1.165, 1.54) is 4.90 Å². The van der Waals surface area contributed by atoms with Gasteiger partial charge in [0, 0.05) is 19.4 Å². The van der Waals surface area contributed by atoms with Gasteiger partial charge in [-0.3, -0.25) is 9.59 Å². The van der Waals surface area contributed by atoms with E-state index in [9.17, 15) is 9.59 Å². The molecule has 0 atom stereocenters. The van der Waals surface area contributed by atoms with Crippen LogP contribution in [0.15, 0.2) is 12.4 Å². The van der Waals surface area contributed by atoms with Crippen LogP contribution in [-0.2, 0) is 16.1 Å². The maximum Gasteiger partial charge on any atom is 0.319 e. The average molecular weight is 237 g/mol. The first-order valence-electron chi connectivity index (χ1n) is 5.53. The Morgan fingerprint density at radius 2 is 2.29 bits per heavy atom. The molecular formula is C11H15N3O3. The maximum absolute atomic E-state index is 12.1. The number of carbonyl (C=O) groups excluding carboxylic acids is 1. The summed E-state index contributed by atoms with van der Waals surface area (Å²) in [5, 5.41) is 9.16. The lowest BCUT2D eigenvalue weighted by molar-refractivity contribution is -0.167. The van der Waals surface area contributed by atoms with Crippen LogP contribution in [0.4, 0.5) is 0 Å². The molecule has 1 fully saturated rings. The predicted molar refractivity (Wildman–Crippen MR) is 59.0 cm³/mol. The molecule has 0 spiro atoms. The first-order valence-corrected chi connectivity index (χ1v) is 5.53. The number of carboxylic acid groups (broad SMARTS) is 1. The highest BCUT2D eigenvalue weighted by Gasteiger charge is 2.52. The van der Waals surface area contributed by atoms with Gasteiger partial charge in [-0.25, -0.2) is 4.98 Å². The van der Waals surface area contributed by atoms with E-state index in [1.807, 2.05) is 0 Å². The molecule has 2 N–H and O–H groups in total. The van der Waals surface area contributed by atoms with Gasteiger partial charge in [0.2, 0.25) is 5.91 Å². The fraction of sp³-hybridized carbons (Fsp3) is 0.545. The SMILES string of the molecule is CN(Cc1ncc[nH]1)C(=O)C1(C(=O)O)CCC1. The van der Waals surface area contributed by atoms with Crippen LogP contribution in [0.3, 0.4) is 0 Å². The van der Waals surface area contributed by atoms with Crippen LogP contribution in [0.25, 0.3) is 0 Å². The Kier molecular flexibility index (Phi) is 2.87. The number of H-pyrrole nitrogens is 1. The highest BCUT2D eigenvalue weighted by atomic mass is 16.4. The van der Waals surface area contributed by atoms with Crippen molar-refractivity contribution in [3.05, 3.63) is 18.2 Å². The summed E-state index contributed by atoms with van der Waals surface area (Å²) >= 11 is 0. The van der Waals surface area contributed by atoms with Crippen LogP contribution in [0.2, 0.25) is 0 Å². The quantitative estimate of drug-likeness (QED) is 0.752. The fourth-order valence-electron chi connectivity index (χ4n) is 2.10. The lowest BCUT2D eigenvalue weighted by Crippen LogP contribution is -2.51. The molecule has 1 aliphatic rings. The molecule has 0 radical (unpaired) electrons. The number of rotatable bonds is 4. The minimum Gasteiger partial charge on any atom is -0.480 e. The molecule has 1 aromatic heterocycles. The van der Waals surface area contributed by atoms with E-state index >= 15 is 0 Å². The summed E-state index contributed by atoms with van der Waals surface area (Å²) in [5.41, 5.74) is -1.19. The second kappa shape index (κ2) is 4.20. The van der Waals surface area contributed by atoms with Gasteiger partial charge in [0.25, 0.3) is 0 Å². The molecule has 1 saturated carbocycles. The zero-order valence-electron chi connectivity index (χ0n) is 9.64. The van der Waals surface area contributed by atoms with Crippen LogP contribution >= 0.6 is 0 Å². The van der Waals surface area contributed by atoms with Gasteiger partial charge in [-0.05, 0) is 12.8 Å². The van der Waals surface area contributed by atoms with Gasteiger partial charge in [-0.2, -0.15) is 0 Å². The summed E-state index contributed by atoms with van der Waals surface area (Å²) in [4.78, 5) is 31.6. The van der Waals surface area contributed by atoms with E-state index in [-0.39, 0.29) is 5.91 Å². The molecule has 1 heterocycles. The molecule has 0 bridgehead atoms. The average Bonchev–Trinajstić information content (AvgIpc) is 2.67. The number of aromatic nitrogens is 2. The van der Waals surface area contributed by atoms with Crippen LogP contribution in [0.5, 0.6) is 0 Å². The highest BCUT2D eigenvalue weighted by molar-refractivity contribution is 6.02. The van der Waals surface area contributed by atoms with Crippen molar-refractivity contribution in [2.24, 2.45) is 5.41 Å². The third-order valence-corrected chi connectivity index (χ3v) is 3.31. The van der Waals surface area contributed by atoms with Crippen LogP contribution < -0.4 is 0 Å². The largest absolute Gasteiger partial charge is 0.480 e. The second-order valence-electron chi connectivity index (χ2n) is 4.44. The normalized spacial score (nSPS) is 17.2. The number of amides is 1. The molecule has 0 unspecified atom stereocenters. The van der Waals surface area contributed by atoms with Gasteiger partial charge in [0.05, 0.1) is 6.54 Å². The number of aliphatic carboxylic acids is 1. The van der Waals surface area contributed by atoms with E-state index in [1.54, 1.807) is 19.4 Å². The molecule has 1 aliphatic carbocycles. The number of nitrogens with zero attached hydrogens (tertiary/aromatic N) is 2. The Balaban J connectivity index is 2.06. The maximum atomic E-state index is 12.1. The van der Waals surface area contributed by atoms with Crippen molar-refractivity contribution in [1.29, 1.82) is 0 Å². The Hall–Kier alpha value is -1.85. The van der Waals surface area contributed by atoms with Gasteiger partial charge < -0.3 is 15.0 Å². The van der Waals surface area contributed by atoms with E-state index in [0.717, 1.165) is 6.42 Å². The molecule has 1 aromatic rings. The topological polar surface area (TPSA) is 86.3 Å². The molecule has 92 valence electrons. The van der Waals surface area contributed by atoms with Crippen molar-refractivity contribution in [2.75, 3.05) is 7.05 Å². The van der Waals surface area contributed by atoms with Gasteiger partial charge >= 0.3 is 5.97 Å². The molecule has 0 aliphatic heterocycles. The molecule has 0 saturated heterocycles. The van der Waals surface area contributed by atoms with Crippen LogP contribution in [0, 0.1) is 5.41 Å². The Morgan fingerprint density at radius 3 is 2.71 bits per heavy atom. The van der Waals surface area contributed by atoms with Crippen LogP contribution in [0.1, 0.15) is 25.1 Å². The molecular weight excluding hydrogens is 222 g/mol. The van der Waals surface area contributed by atoms with Crippen molar-refractivity contribution in [2.45, 2.75) is 25.8 Å². The van der Waals surface area contributed by atoms with Crippen LogP contribution in [-0.4, -0.2) is 38.9 Å². The molecule has 17 heavy (non-hydrogen) atoms. The second-order valence-corrected chi connectivity index (χ2v) is 4.44. The monoisotopic (exact) mass is 237 g/mol. The van der Waals surface area contributed by atoms with Gasteiger partial charge in [-0.1, -0.05) is 6.42 Å². The Labute approximate surface area is 98.7 Å². The summed E-state index contributed by atoms with van der Waals surface area (Å²) < 4.78 is 0. The summed E-state index contributed by atoms with van der Waals surface area (Å²) in [6.45, 7) is 0.306. The predicted octanol–water partition coefficient (Wildman–Crippen LogP) is 0.623. The summed E-state index contributed by atoms with van der Waals surface area (Å²) in [6.07, 6.45) is 4.94. The number of carbonyl (C=O) groups is 2. The summed E-state index contributed by atoms with van der Waals surface area (Å²) in [6, 6.07) is 0. The number of nitrogens with one attached hydrogen (secondary N) is 1. The first-order chi connectivity index (χ1) is 8.06. The van der Waals surface area contributed by atoms with Gasteiger partial charge in [-0.15, -0.1) is 0 Å². The first kappa shape index (κ1) is 11.6. The molecule has 2 rings (SSSR count). The molecule has 0 aromatic carbocycles. The fourth-order valence-corrected chi connectivity index (χ4v) is 2.10. The lowest BCUT2D eigenvalue weighted by atomic mass is 9.68. The standard InChI is InChI=1S/C11H15N3O3/c1-14(7-8-12-5-6-13-8)9(15)11(10(16)17)3-2-4-11/h5-6H,2-4,7H2,1H3,(H,12,13)(H,16,17). The smallest absolute Gasteiger partial charge is 0.319 e. The molecule has 1 amide bonds. The number of imidazole rings is 1. The number of hydrogen-bond acceptors (Lipinski definition) is 3. The minimum absolute atomic E-state index is 0.306. The Bertz CT molecular complexity index is 423. The zero-order chi connectivity index (χ0) is 12.5. The van der Waals surface area contributed by atoms with Crippen molar-refractivity contribution < 1.29 is 14.7 Å². The van der Waals surface area contributed by atoms with Gasteiger partial charge in [0.15, 0.2) is 0 Å². The Morgan fingerprint density at radius 1 is 1.59 bits per heavy atom. The number of carboxylic acids is 1. The number of hydrogen-bond donors (Lipinski definition) is 2. The lowest BCUT2D eigenvalue weighted by Gasteiger charge is -2.38. The zero-order valence-corrected chi connectivity index (χ0v) is 9.64. The summed E-state index contributed by atoms with van der Waals surface area (Å²) in [5.74, 6) is -0.687. The van der Waals surface area contributed by atoms with E-state index in [4.69, 9.17) is 5.11 Å². The molecule has 6 nitrogen and oxygen atoms in total. The molecule has 6 heteroatoms. The van der Waals surface area contributed by atoms with Crippen molar-refractivity contribution in [1.82, 2.24) is 14.9 Å². The van der Waals surface area contributed by atoms with E-state index in [0.29, 0.717) is 25.2 Å². The van der Waals surface area contributed by atoms with Crippen molar-refractivity contribution >= 4 is 11.9 Å². The van der Waals surface area contributed by atoms with E-state index < -0.39 is 11.4 Å².